The number of carbonyl (C=O) groups excluding carboxylic acids is 1. The van der Waals surface area contributed by atoms with Gasteiger partial charge >= 0.3 is 5.97 Å². The normalized spacial score (nSPS) is 9.13. The highest BCUT2D eigenvalue weighted by Gasteiger charge is 2.13. The molecule has 1 aromatic rings. The Hall–Kier alpha value is -1.22. The number of hydrogen-bond donors (Lipinski definition) is 0. The molecule has 4 heteroatoms. The van der Waals surface area contributed by atoms with E-state index in [4.69, 9.17) is 11.2 Å². The fourth-order valence-electron chi connectivity index (χ4n) is 1.02. The lowest BCUT2D eigenvalue weighted by atomic mass is 10.2. The summed E-state index contributed by atoms with van der Waals surface area (Å²) in [7, 11) is 1.33. The van der Waals surface area contributed by atoms with E-state index in [1.54, 1.807) is 12.1 Å². The van der Waals surface area contributed by atoms with Gasteiger partial charge in [0, 0.05) is 3.57 Å². The maximum atomic E-state index is 11.4. The van der Waals surface area contributed by atoms with Crippen molar-refractivity contribution in [3.05, 3.63) is 27.3 Å². The van der Waals surface area contributed by atoms with Crippen molar-refractivity contribution in [3.63, 3.8) is 0 Å². The maximum absolute atomic E-state index is 11.4. The Labute approximate surface area is 102 Å². The molecule has 0 aliphatic rings. The molecule has 3 nitrogen and oxygen atoms in total. The standard InChI is InChI=1S/C11H9IO3/c1-3-6-15-10-5-4-8(12)7-9(10)11(13)14-2/h1,4-5,7H,6H2,2H3. The molecular formula is C11H9IO3. The number of carbonyl (C=O) groups is 1. The minimum absolute atomic E-state index is 0.130. The van der Waals surface area contributed by atoms with Gasteiger partial charge in [-0.15, -0.1) is 6.42 Å². The van der Waals surface area contributed by atoms with Crippen LogP contribution in [0.4, 0.5) is 0 Å². The van der Waals surface area contributed by atoms with Crippen molar-refractivity contribution in [2.24, 2.45) is 0 Å². The maximum Gasteiger partial charge on any atom is 0.341 e. The third-order valence-corrected chi connectivity index (χ3v) is 2.33. The highest BCUT2D eigenvalue weighted by Crippen LogP contribution is 2.21. The molecule has 0 atom stereocenters. The van der Waals surface area contributed by atoms with Crippen molar-refractivity contribution in [3.8, 4) is 18.1 Å². The SMILES string of the molecule is C#CCOc1ccc(I)cc1C(=O)OC. The van der Waals surface area contributed by atoms with Crippen LogP contribution in [-0.4, -0.2) is 19.7 Å². The average molecular weight is 316 g/mol. The summed E-state index contributed by atoms with van der Waals surface area (Å²) in [6.45, 7) is 0.130. The van der Waals surface area contributed by atoms with Crippen molar-refractivity contribution in [1.29, 1.82) is 0 Å². The summed E-state index contributed by atoms with van der Waals surface area (Å²) < 4.78 is 10.8. The molecule has 0 spiro atoms. The van der Waals surface area contributed by atoms with E-state index in [2.05, 4.69) is 33.2 Å². The van der Waals surface area contributed by atoms with Crippen molar-refractivity contribution >= 4 is 28.6 Å². The molecule has 0 amide bonds. The second-order valence-corrected chi connectivity index (χ2v) is 3.87. The fourth-order valence-corrected chi connectivity index (χ4v) is 1.51. The number of halogens is 1. The van der Waals surface area contributed by atoms with Crippen LogP contribution in [0.5, 0.6) is 5.75 Å². The smallest absolute Gasteiger partial charge is 0.341 e. The molecule has 15 heavy (non-hydrogen) atoms. The van der Waals surface area contributed by atoms with Crippen molar-refractivity contribution in [1.82, 2.24) is 0 Å². The molecule has 0 saturated carbocycles. The van der Waals surface area contributed by atoms with Crippen LogP contribution in [0.25, 0.3) is 0 Å². The van der Waals surface area contributed by atoms with Crippen LogP contribution in [0.1, 0.15) is 10.4 Å². The largest absolute Gasteiger partial charge is 0.480 e. The second kappa shape index (κ2) is 5.61. The molecule has 1 aromatic carbocycles. The van der Waals surface area contributed by atoms with E-state index >= 15 is 0 Å². The minimum Gasteiger partial charge on any atom is -0.480 e. The molecule has 0 unspecified atom stereocenters. The summed E-state index contributed by atoms with van der Waals surface area (Å²) in [5.41, 5.74) is 0.389. The first-order valence-electron chi connectivity index (χ1n) is 4.13. The molecule has 0 fully saturated rings. The number of ether oxygens (including phenoxy) is 2. The zero-order valence-corrected chi connectivity index (χ0v) is 10.3. The number of esters is 1. The van der Waals surface area contributed by atoms with Crippen molar-refractivity contribution in [2.75, 3.05) is 13.7 Å². The number of rotatable bonds is 3. The molecular weight excluding hydrogens is 307 g/mol. The van der Waals surface area contributed by atoms with Gasteiger partial charge in [-0.05, 0) is 40.8 Å². The third-order valence-electron chi connectivity index (χ3n) is 1.66. The first-order chi connectivity index (χ1) is 7.19. The van der Waals surface area contributed by atoms with Crippen LogP contribution in [0.15, 0.2) is 18.2 Å². The fraction of sp³-hybridized carbons (Fsp3) is 0.182. The Morgan fingerprint density at radius 2 is 2.33 bits per heavy atom. The summed E-state index contributed by atoms with van der Waals surface area (Å²) in [5, 5.41) is 0. The Morgan fingerprint density at radius 3 is 2.93 bits per heavy atom. The summed E-state index contributed by atoms with van der Waals surface area (Å²) >= 11 is 2.11. The third kappa shape index (κ3) is 3.13. The van der Waals surface area contributed by atoms with E-state index < -0.39 is 5.97 Å². The van der Waals surface area contributed by atoms with Gasteiger partial charge in [0.1, 0.15) is 17.9 Å². The lowest BCUT2D eigenvalue weighted by Gasteiger charge is -2.08. The van der Waals surface area contributed by atoms with Gasteiger partial charge in [-0.3, -0.25) is 0 Å². The lowest BCUT2D eigenvalue weighted by Crippen LogP contribution is -2.06. The Balaban J connectivity index is 3.04. The monoisotopic (exact) mass is 316 g/mol. The number of benzene rings is 1. The average Bonchev–Trinajstić information content (AvgIpc) is 2.26. The molecule has 78 valence electrons. The van der Waals surface area contributed by atoms with Crippen LogP contribution in [0.2, 0.25) is 0 Å². The number of terminal acetylenes is 1. The van der Waals surface area contributed by atoms with E-state index in [9.17, 15) is 4.79 Å². The van der Waals surface area contributed by atoms with Gasteiger partial charge in [0.05, 0.1) is 7.11 Å². The van der Waals surface area contributed by atoms with Crippen molar-refractivity contribution in [2.45, 2.75) is 0 Å². The van der Waals surface area contributed by atoms with E-state index in [0.717, 1.165) is 3.57 Å². The summed E-state index contributed by atoms with van der Waals surface area (Å²) in [4.78, 5) is 11.4. The van der Waals surface area contributed by atoms with Gasteiger partial charge in [-0.25, -0.2) is 4.79 Å². The van der Waals surface area contributed by atoms with Crippen molar-refractivity contribution < 1.29 is 14.3 Å². The summed E-state index contributed by atoms with van der Waals surface area (Å²) in [6.07, 6.45) is 5.07. The molecule has 0 radical (unpaired) electrons. The molecule has 0 heterocycles. The van der Waals surface area contributed by atoms with Gasteiger partial charge in [0.15, 0.2) is 0 Å². The second-order valence-electron chi connectivity index (χ2n) is 2.62. The van der Waals surface area contributed by atoms with Gasteiger partial charge < -0.3 is 9.47 Å². The molecule has 0 saturated heterocycles. The van der Waals surface area contributed by atoms with Crippen LogP contribution in [-0.2, 0) is 4.74 Å². The lowest BCUT2D eigenvalue weighted by molar-refractivity contribution is 0.0596. The number of hydrogen-bond acceptors (Lipinski definition) is 3. The zero-order chi connectivity index (χ0) is 11.3. The quantitative estimate of drug-likeness (QED) is 0.487. The molecule has 0 aliphatic carbocycles. The Morgan fingerprint density at radius 1 is 1.60 bits per heavy atom. The summed E-state index contributed by atoms with van der Waals surface area (Å²) in [5.74, 6) is 2.35. The van der Waals surface area contributed by atoms with E-state index in [-0.39, 0.29) is 6.61 Å². The van der Waals surface area contributed by atoms with Crippen LogP contribution < -0.4 is 4.74 Å². The first-order valence-corrected chi connectivity index (χ1v) is 5.21. The topological polar surface area (TPSA) is 35.5 Å². The van der Waals surface area contributed by atoms with E-state index in [1.165, 1.54) is 7.11 Å². The van der Waals surface area contributed by atoms with E-state index in [1.807, 2.05) is 6.07 Å². The molecule has 1 rings (SSSR count). The highest BCUT2D eigenvalue weighted by atomic mass is 127. The van der Waals surface area contributed by atoms with Crippen LogP contribution in [0, 0.1) is 15.9 Å². The minimum atomic E-state index is -0.430. The van der Waals surface area contributed by atoms with Gasteiger partial charge in [-0.2, -0.15) is 0 Å². The molecule has 0 N–H and O–H groups in total. The zero-order valence-electron chi connectivity index (χ0n) is 8.12. The van der Waals surface area contributed by atoms with E-state index in [0.29, 0.717) is 11.3 Å². The Kier molecular flexibility index (Phi) is 4.43. The highest BCUT2D eigenvalue weighted by molar-refractivity contribution is 14.1. The Bertz CT molecular complexity index is 407. The number of methoxy groups -OCH3 is 1. The van der Waals surface area contributed by atoms with Gasteiger partial charge in [0.25, 0.3) is 0 Å². The predicted octanol–water partition coefficient (Wildman–Crippen LogP) is 2.09. The van der Waals surface area contributed by atoms with Gasteiger partial charge in [-0.1, -0.05) is 5.92 Å². The molecule has 0 aromatic heterocycles. The molecule has 0 aliphatic heterocycles. The molecule has 0 bridgehead atoms. The summed E-state index contributed by atoms with van der Waals surface area (Å²) in [6, 6.07) is 5.22. The van der Waals surface area contributed by atoms with Crippen LogP contribution in [0.3, 0.4) is 0 Å². The van der Waals surface area contributed by atoms with Crippen LogP contribution >= 0.6 is 22.6 Å². The van der Waals surface area contributed by atoms with Gasteiger partial charge in [0.2, 0.25) is 0 Å². The predicted molar refractivity (Wildman–Crippen MR) is 64.8 cm³/mol. The first kappa shape index (κ1) is 11.9.